The predicted molar refractivity (Wildman–Crippen MR) is 141 cm³/mol. The van der Waals surface area contributed by atoms with Crippen molar-refractivity contribution >= 4 is 38.2 Å². The van der Waals surface area contributed by atoms with Gasteiger partial charge in [-0.15, -0.1) is 11.3 Å². The number of ether oxygens (including phenoxy) is 1. The van der Waals surface area contributed by atoms with E-state index >= 15 is 0 Å². The van der Waals surface area contributed by atoms with E-state index in [2.05, 4.69) is 52.8 Å². The van der Waals surface area contributed by atoms with Crippen molar-refractivity contribution in [3.63, 3.8) is 0 Å². The number of rotatable bonds is 5. The van der Waals surface area contributed by atoms with Gasteiger partial charge < -0.3 is 14.2 Å². The molecule has 1 saturated heterocycles. The third kappa shape index (κ3) is 2.82. The molecular formula is C30H30N2O2S. The normalized spacial score (nSPS) is 26.6. The lowest BCUT2D eigenvalue weighted by molar-refractivity contribution is -0.0204. The van der Waals surface area contributed by atoms with Gasteiger partial charge in [-0.25, -0.2) is 0 Å². The number of likely N-dealkylation sites (tertiary alicyclic amines) is 1. The Labute approximate surface area is 209 Å². The lowest BCUT2D eigenvalue weighted by Gasteiger charge is -2.52. The number of aryl methyl sites for hydroxylation is 1. The Balaban J connectivity index is 1.25. The summed E-state index contributed by atoms with van der Waals surface area (Å²) in [6.45, 7) is 4.24. The fourth-order valence-electron chi connectivity index (χ4n) is 7.39. The van der Waals surface area contributed by atoms with Crippen molar-refractivity contribution < 1.29 is 9.53 Å². The summed E-state index contributed by atoms with van der Waals surface area (Å²) < 4.78 is 9.57. The molecule has 4 fully saturated rings. The molecule has 178 valence electrons. The van der Waals surface area contributed by atoms with E-state index in [-0.39, 0.29) is 5.91 Å². The van der Waals surface area contributed by atoms with E-state index in [0.717, 1.165) is 58.2 Å². The van der Waals surface area contributed by atoms with Crippen LogP contribution in [0, 0.1) is 30.6 Å². The molecule has 2 aromatic carbocycles. The molecule has 0 spiro atoms. The van der Waals surface area contributed by atoms with Crippen LogP contribution in [0.5, 0.6) is 5.75 Å². The summed E-state index contributed by atoms with van der Waals surface area (Å²) >= 11 is 1.81. The molecule has 35 heavy (non-hydrogen) atoms. The first-order chi connectivity index (χ1) is 17.1. The molecule has 4 aromatic rings. The van der Waals surface area contributed by atoms with Crippen LogP contribution in [0.3, 0.4) is 0 Å². The van der Waals surface area contributed by atoms with Crippen LogP contribution in [0.15, 0.2) is 42.5 Å². The summed E-state index contributed by atoms with van der Waals surface area (Å²) in [6, 6.07) is 15.7. The summed E-state index contributed by atoms with van der Waals surface area (Å²) in [4.78, 5) is 17.1. The highest BCUT2D eigenvalue weighted by atomic mass is 32.1. The van der Waals surface area contributed by atoms with Crippen molar-refractivity contribution in [2.24, 2.45) is 23.7 Å². The minimum absolute atomic E-state index is 0.193. The van der Waals surface area contributed by atoms with E-state index in [1.165, 1.54) is 52.7 Å². The molecule has 1 aliphatic heterocycles. The Kier molecular flexibility index (Phi) is 4.16. The molecule has 4 nitrogen and oxygen atoms in total. The van der Waals surface area contributed by atoms with Gasteiger partial charge in [0.25, 0.3) is 5.91 Å². The molecule has 4 atom stereocenters. The number of carbonyl (C=O) groups excluding carboxylic acids is 1. The maximum Gasteiger partial charge on any atom is 0.254 e. The maximum atomic E-state index is 13.6. The average Bonchev–Trinajstić information content (AvgIpc) is 3.52. The van der Waals surface area contributed by atoms with E-state index in [4.69, 9.17) is 4.74 Å². The second-order valence-electron chi connectivity index (χ2n) is 11.3. The van der Waals surface area contributed by atoms with Gasteiger partial charge in [0.05, 0.1) is 17.7 Å². The summed E-state index contributed by atoms with van der Waals surface area (Å²) in [5.74, 6) is 4.23. The monoisotopic (exact) mass is 482 g/mol. The van der Waals surface area contributed by atoms with Gasteiger partial charge in [0.15, 0.2) is 0 Å². The minimum Gasteiger partial charge on any atom is -0.496 e. The maximum absolute atomic E-state index is 13.6. The third-order valence-corrected chi connectivity index (χ3v) is 10.7. The molecule has 8 rings (SSSR count). The van der Waals surface area contributed by atoms with Crippen LogP contribution in [0.4, 0.5) is 0 Å². The van der Waals surface area contributed by atoms with Crippen molar-refractivity contribution in [3.05, 3.63) is 53.6 Å². The molecule has 5 heteroatoms. The number of nitrogens with zero attached hydrogens (tertiary/aromatic N) is 2. The first kappa shape index (κ1) is 20.4. The highest BCUT2D eigenvalue weighted by Gasteiger charge is 2.61. The standard InChI is InChI=1S/C30H30N2O2S/c1-16-27-25(34-2)12-20(30(33)32-15-21-9-19-11-23(32)28(19)21)13-26(27)35-29(16)24-10-18-5-3-4-6-22(18)31(24)14-17-7-8-17/h3-6,10,12-13,17,19,21,23,28H,7-9,11,14-15H2,1-2H3/t19?,21?,23?,28-/m1/s1. The zero-order valence-electron chi connectivity index (χ0n) is 20.3. The van der Waals surface area contributed by atoms with Crippen LogP contribution >= 0.6 is 11.3 Å². The van der Waals surface area contributed by atoms with Gasteiger partial charge in [0, 0.05) is 45.7 Å². The van der Waals surface area contributed by atoms with Gasteiger partial charge in [-0.05, 0) is 86.1 Å². The molecule has 3 heterocycles. The second-order valence-corrected chi connectivity index (χ2v) is 12.4. The fraction of sp³-hybridized carbons (Fsp3) is 0.433. The van der Waals surface area contributed by atoms with E-state index in [1.807, 2.05) is 17.4 Å². The predicted octanol–water partition coefficient (Wildman–Crippen LogP) is 6.73. The number of methoxy groups -OCH3 is 1. The summed E-state index contributed by atoms with van der Waals surface area (Å²) in [5.41, 5.74) is 4.65. The number of fused-ring (bicyclic) bond motifs is 2. The SMILES string of the molecule is COc1cc(C(=O)N2CC3CC4CC2[C@H]43)cc2sc(-c3cc4ccccc4n3CC3CC3)c(C)c12. The van der Waals surface area contributed by atoms with Crippen molar-refractivity contribution in [1.29, 1.82) is 0 Å². The quantitative estimate of drug-likeness (QED) is 0.316. The average molecular weight is 483 g/mol. The molecule has 1 amide bonds. The van der Waals surface area contributed by atoms with Gasteiger partial charge in [0.2, 0.25) is 0 Å². The molecule has 0 N–H and O–H groups in total. The van der Waals surface area contributed by atoms with Gasteiger partial charge in [0.1, 0.15) is 5.75 Å². The van der Waals surface area contributed by atoms with Crippen molar-refractivity contribution in [2.75, 3.05) is 13.7 Å². The second kappa shape index (κ2) is 7.13. The van der Waals surface area contributed by atoms with Crippen molar-refractivity contribution in [2.45, 2.75) is 45.2 Å². The number of aromatic nitrogens is 1. The molecule has 0 radical (unpaired) electrons. The van der Waals surface area contributed by atoms with E-state index in [9.17, 15) is 4.79 Å². The van der Waals surface area contributed by atoms with Gasteiger partial charge in [-0.3, -0.25) is 4.79 Å². The fourth-order valence-corrected chi connectivity index (χ4v) is 8.68. The molecule has 3 saturated carbocycles. The van der Waals surface area contributed by atoms with Crippen molar-refractivity contribution in [1.82, 2.24) is 9.47 Å². The number of hydrogen-bond donors (Lipinski definition) is 0. The Morgan fingerprint density at radius 2 is 1.97 bits per heavy atom. The number of hydrogen-bond acceptors (Lipinski definition) is 3. The molecule has 3 unspecified atom stereocenters. The zero-order chi connectivity index (χ0) is 23.4. The van der Waals surface area contributed by atoms with Crippen molar-refractivity contribution in [3.8, 4) is 16.3 Å². The lowest BCUT2D eigenvalue weighted by Crippen LogP contribution is -2.53. The molecule has 3 aliphatic carbocycles. The Hall–Kier alpha value is -2.79. The first-order valence-electron chi connectivity index (χ1n) is 13.1. The molecule has 0 bridgehead atoms. The first-order valence-corrected chi connectivity index (χ1v) is 13.9. The summed E-state index contributed by atoms with van der Waals surface area (Å²) in [6.07, 6.45) is 5.20. The minimum atomic E-state index is 0.193. The number of carbonyl (C=O) groups is 1. The Morgan fingerprint density at radius 3 is 2.74 bits per heavy atom. The highest BCUT2D eigenvalue weighted by Crippen LogP contribution is 2.61. The molecule has 4 aliphatic rings. The van der Waals surface area contributed by atoms with Crippen LogP contribution in [0.1, 0.15) is 41.6 Å². The smallest absolute Gasteiger partial charge is 0.254 e. The van der Waals surface area contributed by atoms with E-state index in [1.54, 1.807) is 7.11 Å². The van der Waals surface area contributed by atoms with Gasteiger partial charge in [-0.2, -0.15) is 0 Å². The van der Waals surface area contributed by atoms with Crippen LogP contribution < -0.4 is 4.74 Å². The Morgan fingerprint density at radius 1 is 1.11 bits per heavy atom. The number of para-hydroxylation sites is 1. The topological polar surface area (TPSA) is 34.5 Å². The Bertz CT molecular complexity index is 1530. The summed E-state index contributed by atoms with van der Waals surface area (Å²) in [5, 5.41) is 2.45. The molecular weight excluding hydrogens is 452 g/mol. The number of thiophene rings is 1. The zero-order valence-corrected chi connectivity index (χ0v) is 21.1. The summed E-state index contributed by atoms with van der Waals surface area (Å²) in [7, 11) is 1.73. The van der Waals surface area contributed by atoms with Crippen LogP contribution in [-0.2, 0) is 6.54 Å². The number of amides is 1. The third-order valence-electron chi connectivity index (χ3n) is 9.42. The van der Waals surface area contributed by atoms with Crippen LogP contribution in [-0.4, -0.2) is 35.1 Å². The van der Waals surface area contributed by atoms with Gasteiger partial charge in [-0.1, -0.05) is 18.2 Å². The van der Waals surface area contributed by atoms with Gasteiger partial charge >= 0.3 is 0 Å². The highest BCUT2D eigenvalue weighted by molar-refractivity contribution is 7.22. The molecule has 2 aromatic heterocycles. The van der Waals surface area contributed by atoms with E-state index in [0.29, 0.717) is 6.04 Å². The van der Waals surface area contributed by atoms with Crippen LogP contribution in [0.25, 0.3) is 31.6 Å². The van der Waals surface area contributed by atoms with E-state index < -0.39 is 0 Å². The number of benzene rings is 2. The lowest BCUT2D eigenvalue weighted by atomic mass is 9.53. The largest absolute Gasteiger partial charge is 0.496 e. The van der Waals surface area contributed by atoms with Crippen LogP contribution in [0.2, 0.25) is 0 Å².